The summed E-state index contributed by atoms with van der Waals surface area (Å²) in [5, 5.41) is 8.70. The molecule has 1 atom stereocenters. The molecule has 0 aromatic rings. The molecule has 0 spiro atoms. The largest absolute Gasteiger partial charge is 0.396 e. The molecule has 122 valence electrons. The summed E-state index contributed by atoms with van der Waals surface area (Å²) >= 11 is 0. The molecule has 0 heterocycles. The highest BCUT2D eigenvalue weighted by atomic mass is 16.2. The maximum absolute atomic E-state index is 8.70. The third kappa shape index (κ3) is 16.0. The van der Waals surface area contributed by atoms with E-state index in [9.17, 15) is 0 Å². The molecule has 0 fully saturated rings. The van der Waals surface area contributed by atoms with Gasteiger partial charge in [0.25, 0.3) is 0 Å². The topological polar surface area (TPSA) is 20.2 Å². The van der Waals surface area contributed by atoms with Crippen LogP contribution in [0.15, 0.2) is 0 Å². The Balaban J connectivity index is 3.10. The lowest BCUT2D eigenvalue weighted by atomic mass is 9.96. The molecule has 0 aliphatic heterocycles. The van der Waals surface area contributed by atoms with Gasteiger partial charge in [0.2, 0.25) is 0 Å². The first-order valence-corrected chi connectivity index (χ1v) is 9.42. The van der Waals surface area contributed by atoms with E-state index in [-0.39, 0.29) is 0 Å². The SMILES string of the molecule is CCCCCCCCC(C)CCCCCCCCCO. The zero-order chi connectivity index (χ0) is 14.9. The summed E-state index contributed by atoms with van der Waals surface area (Å²) in [5.74, 6) is 0.940. The van der Waals surface area contributed by atoms with E-state index in [1.165, 1.54) is 89.9 Å². The second-order valence-electron chi connectivity index (χ2n) is 6.65. The van der Waals surface area contributed by atoms with Crippen molar-refractivity contribution in [3.63, 3.8) is 0 Å². The Hall–Kier alpha value is -0.0400. The first kappa shape index (κ1) is 20.0. The monoisotopic (exact) mass is 284 g/mol. The van der Waals surface area contributed by atoms with E-state index in [1.807, 2.05) is 0 Å². The number of hydrogen-bond donors (Lipinski definition) is 1. The molecule has 0 rings (SSSR count). The van der Waals surface area contributed by atoms with E-state index in [0.29, 0.717) is 6.61 Å². The fraction of sp³-hybridized carbons (Fsp3) is 1.00. The molecule has 0 radical (unpaired) electrons. The van der Waals surface area contributed by atoms with E-state index in [4.69, 9.17) is 5.11 Å². The average Bonchev–Trinajstić information content (AvgIpc) is 2.45. The van der Waals surface area contributed by atoms with Crippen LogP contribution in [-0.4, -0.2) is 11.7 Å². The molecule has 0 aliphatic rings. The summed E-state index contributed by atoms with van der Waals surface area (Å²) in [7, 11) is 0. The maximum Gasteiger partial charge on any atom is 0.0431 e. The number of rotatable bonds is 16. The predicted molar refractivity (Wildman–Crippen MR) is 91.2 cm³/mol. The number of hydrogen-bond acceptors (Lipinski definition) is 1. The van der Waals surface area contributed by atoms with Crippen molar-refractivity contribution in [3.05, 3.63) is 0 Å². The van der Waals surface area contributed by atoms with Crippen molar-refractivity contribution >= 4 is 0 Å². The summed E-state index contributed by atoms with van der Waals surface area (Å²) in [6.07, 6.45) is 20.6. The highest BCUT2D eigenvalue weighted by Crippen LogP contribution is 2.18. The van der Waals surface area contributed by atoms with E-state index in [0.717, 1.165) is 12.3 Å². The first-order chi connectivity index (χ1) is 9.81. The van der Waals surface area contributed by atoms with Crippen LogP contribution in [0.2, 0.25) is 0 Å². The molecule has 20 heavy (non-hydrogen) atoms. The Morgan fingerprint density at radius 1 is 0.600 bits per heavy atom. The third-order valence-corrected chi connectivity index (χ3v) is 4.41. The Bertz CT molecular complexity index is 167. The van der Waals surface area contributed by atoms with Gasteiger partial charge in [0.15, 0.2) is 0 Å². The lowest BCUT2D eigenvalue weighted by Gasteiger charge is -2.11. The van der Waals surface area contributed by atoms with Crippen LogP contribution in [0.25, 0.3) is 0 Å². The van der Waals surface area contributed by atoms with Crippen molar-refractivity contribution in [2.24, 2.45) is 5.92 Å². The van der Waals surface area contributed by atoms with E-state index in [2.05, 4.69) is 13.8 Å². The Morgan fingerprint density at radius 3 is 1.45 bits per heavy atom. The highest BCUT2D eigenvalue weighted by Gasteiger charge is 2.02. The Morgan fingerprint density at radius 2 is 1.00 bits per heavy atom. The maximum atomic E-state index is 8.70. The molecule has 0 aromatic heterocycles. The minimum atomic E-state index is 0.371. The molecule has 0 saturated carbocycles. The van der Waals surface area contributed by atoms with Crippen molar-refractivity contribution in [2.45, 2.75) is 110 Å². The summed E-state index contributed by atoms with van der Waals surface area (Å²) in [6, 6.07) is 0. The van der Waals surface area contributed by atoms with Crippen LogP contribution < -0.4 is 0 Å². The van der Waals surface area contributed by atoms with Crippen molar-refractivity contribution in [2.75, 3.05) is 6.61 Å². The molecule has 0 aliphatic carbocycles. The molecule has 0 amide bonds. The molecule has 1 heteroatoms. The normalized spacial score (nSPS) is 12.8. The minimum absolute atomic E-state index is 0.371. The van der Waals surface area contributed by atoms with Crippen molar-refractivity contribution < 1.29 is 5.11 Å². The van der Waals surface area contributed by atoms with Crippen LogP contribution in [-0.2, 0) is 0 Å². The molecule has 1 nitrogen and oxygen atoms in total. The molecule has 0 saturated heterocycles. The smallest absolute Gasteiger partial charge is 0.0431 e. The molecule has 0 bridgehead atoms. The van der Waals surface area contributed by atoms with Gasteiger partial charge in [0, 0.05) is 6.61 Å². The highest BCUT2D eigenvalue weighted by molar-refractivity contribution is 4.55. The van der Waals surface area contributed by atoms with Crippen molar-refractivity contribution in [1.29, 1.82) is 0 Å². The van der Waals surface area contributed by atoms with Crippen molar-refractivity contribution in [1.82, 2.24) is 0 Å². The molecular weight excluding hydrogens is 244 g/mol. The number of aliphatic hydroxyl groups excluding tert-OH is 1. The first-order valence-electron chi connectivity index (χ1n) is 9.42. The summed E-state index contributed by atoms with van der Waals surface area (Å²) in [4.78, 5) is 0. The third-order valence-electron chi connectivity index (χ3n) is 4.41. The van der Waals surface area contributed by atoms with Crippen LogP contribution in [0.5, 0.6) is 0 Å². The van der Waals surface area contributed by atoms with E-state index >= 15 is 0 Å². The second kappa shape index (κ2) is 17.0. The number of aliphatic hydroxyl groups is 1. The fourth-order valence-corrected chi connectivity index (χ4v) is 2.91. The van der Waals surface area contributed by atoms with Gasteiger partial charge in [-0.15, -0.1) is 0 Å². The van der Waals surface area contributed by atoms with Gasteiger partial charge in [-0.1, -0.05) is 104 Å². The van der Waals surface area contributed by atoms with Crippen LogP contribution in [0.3, 0.4) is 0 Å². The van der Waals surface area contributed by atoms with Gasteiger partial charge in [-0.2, -0.15) is 0 Å². The molecule has 0 aromatic carbocycles. The van der Waals surface area contributed by atoms with Gasteiger partial charge < -0.3 is 5.11 Å². The summed E-state index contributed by atoms with van der Waals surface area (Å²) < 4.78 is 0. The van der Waals surface area contributed by atoms with Gasteiger partial charge >= 0.3 is 0 Å². The quantitative estimate of drug-likeness (QED) is 0.321. The van der Waals surface area contributed by atoms with Gasteiger partial charge in [-0.05, 0) is 12.3 Å². The lowest BCUT2D eigenvalue weighted by molar-refractivity contribution is 0.282. The number of unbranched alkanes of at least 4 members (excludes halogenated alkanes) is 11. The van der Waals surface area contributed by atoms with Gasteiger partial charge in [-0.3, -0.25) is 0 Å². The zero-order valence-corrected chi connectivity index (χ0v) is 14.3. The van der Waals surface area contributed by atoms with E-state index in [1.54, 1.807) is 0 Å². The molecular formula is C19H40O. The van der Waals surface area contributed by atoms with Gasteiger partial charge in [-0.25, -0.2) is 0 Å². The second-order valence-corrected chi connectivity index (χ2v) is 6.65. The minimum Gasteiger partial charge on any atom is -0.396 e. The van der Waals surface area contributed by atoms with E-state index < -0.39 is 0 Å². The zero-order valence-electron chi connectivity index (χ0n) is 14.3. The van der Waals surface area contributed by atoms with Crippen LogP contribution >= 0.6 is 0 Å². The van der Waals surface area contributed by atoms with Gasteiger partial charge in [0.1, 0.15) is 0 Å². The van der Waals surface area contributed by atoms with Crippen molar-refractivity contribution in [3.8, 4) is 0 Å². The van der Waals surface area contributed by atoms with Crippen LogP contribution in [0.1, 0.15) is 110 Å². The summed E-state index contributed by atoms with van der Waals surface area (Å²) in [6.45, 7) is 5.10. The van der Waals surface area contributed by atoms with Crippen LogP contribution in [0.4, 0.5) is 0 Å². The fourth-order valence-electron chi connectivity index (χ4n) is 2.91. The lowest BCUT2D eigenvalue weighted by Crippen LogP contribution is -1.95. The molecule has 1 unspecified atom stereocenters. The Kier molecular flexibility index (Phi) is 17.0. The standard InChI is InChI=1S/C19H40O/c1-3-4-5-6-10-13-16-19(2)17-14-11-8-7-9-12-15-18-20/h19-20H,3-18H2,1-2H3. The Labute approximate surface area is 128 Å². The van der Waals surface area contributed by atoms with Crippen LogP contribution in [0, 0.1) is 5.92 Å². The average molecular weight is 285 g/mol. The molecule has 1 N–H and O–H groups in total. The van der Waals surface area contributed by atoms with Gasteiger partial charge in [0.05, 0.1) is 0 Å². The summed E-state index contributed by atoms with van der Waals surface area (Å²) in [5.41, 5.74) is 0. The predicted octanol–water partition coefficient (Wildman–Crippen LogP) is 6.49.